The van der Waals surface area contributed by atoms with Crippen LogP contribution in [0, 0.1) is 0 Å². The quantitative estimate of drug-likeness (QED) is 0.0642. The van der Waals surface area contributed by atoms with Gasteiger partial charge in [0.05, 0.1) is 67.7 Å². The molecule has 0 saturated carbocycles. The van der Waals surface area contributed by atoms with Crippen LogP contribution in [0.15, 0.2) is 0 Å². The summed E-state index contributed by atoms with van der Waals surface area (Å²) in [6.07, 6.45) is 28.2. The third-order valence-corrected chi connectivity index (χ3v) is 8.29. The minimum atomic E-state index is 0.726. The third kappa shape index (κ3) is 28.8. The number of unbranched alkanes of at least 4 members (excludes halogenated alkanes) is 18. The molecule has 0 spiro atoms. The Hall–Kier alpha value is -0.160. The fourth-order valence-corrected chi connectivity index (χ4v) is 5.22. The summed E-state index contributed by atoms with van der Waals surface area (Å²) in [5.74, 6) is 0. The average Bonchev–Trinajstić information content (AvgIpc) is 2.87. The van der Waals surface area contributed by atoms with Crippen molar-refractivity contribution in [2.24, 2.45) is 0 Å². The largest absolute Gasteiger partial charge is 0.373 e. The number of hydrogen-bond acceptors (Lipinski definition) is 2. The zero-order chi connectivity index (χ0) is 28.2. The molecule has 38 heavy (non-hydrogen) atoms. The average molecular weight is 543 g/mol. The van der Waals surface area contributed by atoms with Gasteiger partial charge in [-0.2, -0.15) is 0 Å². The number of quaternary nitrogens is 2. The zero-order valence-electron chi connectivity index (χ0n) is 27.5. The molecule has 0 bridgehead atoms. The van der Waals surface area contributed by atoms with Gasteiger partial charge in [-0.1, -0.05) is 117 Å². The van der Waals surface area contributed by atoms with Gasteiger partial charge in [-0.05, 0) is 25.7 Å². The highest BCUT2D eigenvalue weighted by atomic mass is 16.5. The molecule has 0 amide bonds. The minimum absolute atomic E-state index is 0.726. The monoisotopic (exact) mass is 543 g/mol. The molecule has 0 aliphatic rings. The molecule has 0 unspecified atom stereocenters. The van der Waals surface area contributed by atoms with Crippen molar-refractivity contribution in [3.8, 4) is 0 Å². The standard InChI is InChI=1S/C34H74N2O2/c1-7-9-11-13-15-17-19-21-23-25-27-35(3,4)29-31-37-33-34-38-32-30-36(5,6)28-26-24-22-20-18-16-14-12-10-8-2/h7-34H2,1-6H3/q+2. The predicted octanol–water partition coefficient (Wildman–Crippen LogP) is 9.01. The van der Waals surface area contributed by atoms with Crippen molar-refractivity contribution in [1.29, 1.82) is 0 Å². The molecule has 0 radical (unpaired) electrons. The van der Waals surface area contributed by atoms with E-state index in [0.717, 1.165) is 48.5 Å². The van der Waals surface area contributed by atoms with Crippen molar-refractivity contribution in [2.45, 2.75) is 142 Å². The van der Waals surface area contributed by atoms with Crippen molar-refractivity contribution < 1.29 is 18.4 Å². The van der Waals surface area contributed by atoms with E-state index in [9.17, 15) is 0 Å². The predicted molar refractivity (Wildman–Crippen MR) is 169 cm³/mol. The molecule has 0 aliphatic heterocycles. The van der Waals surface area contributed by atoms with Crippen LogP contribution in [0.5, 0.6) is 0 Å². The first-order valence-corrected chi connectivity index (χ1v) is 17.1. The van der Waals surface area contributed by atoms with Crippen LogP contribution < -0.4 is 0 Å². The van der Waals surface area contributed by atoms with Gasteiger partial charge in [0.1, 0.15) is 13.1 Å². The first-order chi connectivity index (χ1) is 18.3. The van der Waals surface area contributed by atoms with E-state index in [-0.39, 0.29) is 0 Å². The van der Waals surface area contributed by atoms with E-state index < -0.39 is 0 Å². The maximum absolute atomic E-state index is 5.89. The van der Waals surface area contributed by atoms with E-state index in [4.69, 9.17) is 9.47 Å². The number of hydrogen-bond donors (Lipinski definition) is 0. The molecule has 4 heteroatoms. The van der Waals surface area contributed by atoms with Crippen LogP contribution >= 0.6 is 0 Å². The lowest BCUT2D eigenvalue weighted by Crippen LogP contribution is -2.43. The Kier molecular flexibility index (Phi) is 26.9. The summed E-state index contributed by atoms with van der Waals surface area (Å²) in [5, 5.41) is 0. The van der Waals surface area contributed by atoms with E-state index in [2.05, 4.69) is 42.0 Å². The molecule has 0 fully saturated rings. The van der Waals surface area contributed by atoms with E-state index in [1.165, 1.54) is 142 Å². The second-order valence-corrected chi connectivity index (χ2v) is 13.4. The highest BCUT2D eigenvalue weighted by Crippen LogP contribution is 2.13. The summed E-state index contributed by atoms with van der Waals surface area (Å²) in [4.78, 5) is 0. The number of ether oxygens (including phenoxy) is 2. The molecule has 0 heterocycles. The number of nitrogens with zero attached hydrogens (tertiary/aromatic N) is 2. The fraction of sp³-hybridized carbons (Fsp3) is 1.00. The molecule has 0 aromatic rings. The van der Waals surface area contributed by atoms with Gasteiger partial charge in [-0.25, -0.2) is 0 Å². The minimum Gasteiger partial charge on any atom is -0.373 e. The Bertz CT molecular complexity index is 425. The lowest BCUT2D eigenvalue weighted by Gasteiger charge is -2.30. The van der Waals surface area contributed by atoms with Gasteiger partial charge < -0.3 is 18.4 Å². The highest BCUT2D eigenvalue weighted by molar-refractivity contribution is 4.49. The van der Waals surface area contributed by atoms with Crippen LogP contribution in [0.4, 0.5) is 0 Å². The molecule has 0 aromatic carbocycles. The van der Waals surface area contributed by atoms with Gasteiger partial charge in [0.25, 0.3) is 0 Å². The van der Waals surface area contributed by atoms with E-state index in [1.807, 2.05) is 0 Å². The van der Waals surface area contributed by atoms with Crippen LogP contribution in [0.2, 0.25) is 0 Å². The molecular formula is C34H74N2O2+2. The van der Waals surface area contributed by atoms with Gasteiger partial charge in [0.2, 0.25) is 0 Å². The summed E-state index contributed by atoms with van der Waals surface area (Å²) in [5.41, 5.74) is 0. The Morgan fingerprint density at radius 2 is 0.579 bits per heavy atom. The molecule has 0 atom stereocenters. The first-order valence-electron chi connectivity index (χ1n) is 17.1. The Balaban J connectivity index is 3.49. The van der Waals surface area contributed by atoms with Crippen molar-refractivity contribution in [1.82, 2.24) is 0 Å². The molecule has 0 rings (SSSR count). The number of rotatable bonds is 31. The topological polar surface area (TPSA) is 18.5 Å². The van der Waals surface area contributed by atoms with Gasteiger partial charge in [0, 0.05) is 0 Å². The summed E-state index contributed by atoms with van der Waals surface area (Å²) in [7, 11) is 9.40. The lowest BCUT2D eigenvalue weighted by molar-refractivity contribution is -0.891. The molecule has 4 nitrogen and oxygen atoms in total. The number of likely N-dealkylation sites (N-methyl/N-ethyl adjacent to an activating group) is 2. The maximum Gasteiger partial charge on any atom is 0.102 e. The molecule has 0 aliphatic carbocycles. The van der Waals surface area contributed by atoms with Crippen LogP contribution in [0.3, 0.4) is 0 Å². The van der Waals surface area contributed by atoms with Gasteiger partial charge in [-0.3, -0.25) is 0 Å². The van der Waals surface area contributed by atoms with Crippen LogP contribution in [0.25, 0.3) is 0 Å². The van der Waals surface area contributed by atoms with Crippen molar-refractivity contribution in [3.05, 3.63) is 0 Å². The Morgan fingerprint density at radius 3 is 0.868 bits per heavy atom. The zero-order valence-corrected chi connectivity index (χ0v) is 27.5. The van der Waals surface area contributed by atoms with Crippen LogP contribution in [0.1, 0.15) is 142 Å². The smallest absolute Gasteiger partial charge is 0.102 e. The van der Waals surface area contributed by atoms with Crippen LogP contribution in [-0.2, 0) is 9.47 Å². The van der Waals surface area contributed by atoms with Crippen molar-refractivity contribution >= 4 is 0 Å². The van der Waals surface area contributed by atoms with E-state index in [1.54, 1.807) is 0 Å². The summed E-state index contributed by atoms with van der Waals surface area (Å²) in [6, 6.07) is 0. The highest BCUT2D eigenvalue weighted by Gasteiger charge is 2.15. The maximum atomic E-state index is 5.89. The van der Waals surface area contributed by atoms with Crippen LogP contribution in [-0.4, -0.2) is 89.8 Å². The molecule has 0 aromatic heterocycles. The van der Waals surface area contributed by atoms with Gasteiger partial charge in [0.15, 0.2) is 0 Å². The molecule has 230 valence electrons. The fourth-order valence-electron chi connectivity index (χ4n) is 5.22. The SMILES string of the molecule is CCCCCCCCCCCC[N+](C)(C)CCOCCOCC[N+](C)(C)CCCCCCCCCCCC. The van der Waals surface area contributed by atoms with Gasteiger partial charge >= 0.3 is 0 Å². The van der Waals surface area contributed by atoms with Crippen molar-refractivity contribution in [3.63, 3.8) is 0 Å². The Labute approximate surface area is 241 Å². The first kappa shape index (κ1) is 37.8. The van der Waals surface area contributed by atoms with Crippen molar-refractivity contribution in [2.75, 3.05) is 80.8 Å². The summed E-state index contributed by atoms with van der Waals surface area (Å²) >= 11 is 0. The Morgan fingerprint density at radius 1 is 0.316 bits per heavy atom. The summed E-state index contributed by atoms with van der Waals surface area (Å²) < 4.78 is 13.9. The van der Waals surface area contributed by atoms with Gasteiger partial charge in [-0.15, -0.1) is 0 Å². The van der Waals surface area contributed by atoms with E-state index in [0.29, 0.717) is 0 Å². The molecular weight excluding hydrogens is 468 g/mol. The summed E-state index contributed by atoms with van der Waals surface area (Å²) in [6.45, 7) is 12.5. The molecule has 0 saturated heterocycles. The van der Waals surface area contributed by atoms with E-state index >= 15 is 0 Å². The lowest BCUT2D eigenvalue weighted by atomic mass is 10.1. The second-order valence-electron chi connectivity index (χ2n) is 13.4. The molecule has 0 N–H and O–H groups in total. The normalized spacial score (nSPS) is 12.5. The second kappa shape index (κ2) is 27.0. The third-order valence-electron chi connectivity index (χ3n) is 8.29.